The molecule has 1 saturated heterocycles. The van der Waals surface area contributed by atoms with Crippen LogP contribution in [0.5, 0.6) is 5.75 Å². The Morgan fingerprint density at radius 2 is 1.93 bits per heavy atom. The van der Waals surface area contributed by atoms with Crippen molar-refractivity contribution < 1.29 is 24.5 Å². The molecule has 1 fully saturated rings. The normalized spacial score (nSPS) is 25.4. The number of methoxy groups -OCH3 is 1. The molecule has 150 valence electrons. The molecule has 0 bridgehead atoms. The molecule has 1 aromatic carbocycles. The average Bonchev–Trinajstić information content (AvgIpc) is 2.99. The van der Waals surface area contributed by atoms with Gasteiger partial charge >= 0.3 is 5.97 Å². The Morgan fingerprint density at radius 1 is 1.30 bits per heavy atom. The van der Waals surface area contributed by atoms with E-state index in [-0.39, 0.29) is 31.5 Å². The van der Waals surface area contributed by atoms with E-state index in [0.717, 1.165) is 5.56 Å². The standard InChI is InChI=1S/C20H30N2O5/c1-5-20(19(25)26)13-16(18(24)22(6-2)11-12-23)17(21(20)3)14-7-9-15(27-4)10-8-14/h7-10,16-17,23H,5-6,11-13H2,1-4H3,(H,25,26)/t16?,17?,20-/m0/s1. The molecule has 2 N–H and O–H groups in total. The van der Waals surface area contributed by atoms with Crippen LogP contribution in [0.25, 0.3) is 0 Å². The summed E-state index contributed by atoms with van der Waals surface area (Å²) in [7, 11) is 3.37. The van der Waals surface area contributed by atoms with Crippen molar-refractivity contribution in [1.29, 1.82) is 0 Å². The lowest BCUT2D eigenvalue weighted by Crippen LogP contribution is -2.48. The van der Waals surface area contributed by atoms with Crippen LogP contribution in [0, 0.1) is 5.92 Å². The lowest BCUT2D eigenvalue weighted by atomic mass is 9.86. The summed E-state index contributed by atoms with van der Waals surface area (Å²) in [5.74, 6) is -0.814. The van der Waals surface area contributed by atoms with Crippen molar-refractivity contribution in [1.82, 2.24) is 9.80 Å². The van der Waals surface area contributed by atoms with Gasteiger partial charge in [0.25, 0.3) is 0 Å². The van der Waals surface area contributed by atoms with Crippen molar-refractivity contribution in [3.63, 3.8) is 0 Å². The molecule has 1 amide bonds. The van der Waals surface area contributed by atoms with Crippen molar-refractivity contribution in [3.8, 4) is 5.75 Å². The van der Waals surface area contributed by atoms with E-state index in [0.29, 0.717) is 18.7 Å². The molecule has 1 heterocycles. The van der Waals surface area contributed by atoms with Crippen LogP contribution in [0.4, 0.5) is 0 Å². The Kier molecular flexibility index (Phi) is 6.84. The molecule has 3 atom stereocenters. The fraction of sp³-hybridized carbons (Fsp3) is 0.600. The fourth-order valence-electron chi connectivity index (χ4n) is 4.20. The molecular formula is C20H30N2O5. The van der Waals surface area contributed by atoms with E-state index in [2.05, 4.69) is 0 Å². The summed E-state index contributed by atoms with van der Waals surface area (Å²) in [6.45, 7) is 4.30. The maximum atomic E-state index is 13.2. The van der Waals surface area contributed by atoms with Gasteiger partial charge in [0.05, 0.1) is 19.6 Å². The molecule has 27 heavy (non-hydrogen) atoms. The van der Waals surface area contributed by atoms with Crippen LogP contribution in [0.1, 0.15) is 38.3 Å². The second kappa shape index (κ2) is 8.71. The minimum atomic E-state index is -1.09. The van der Waals surface area contributed by atoms with Gasteiger partial charge in [-0.3, -0.25) is 14.5 Å². The van der Waals surface area contributed by atoms with Gasteiger partial charge in [-0.05, 0) is 44.5 Å². The van der Waals surface area contributed by atoms with Gasteiger partial charge in [0, 0.05) is 19.1 Å². The highest BCUT2D eigenvalue weighted by Crippen LogP contribution is 2.48. The largest absolute Gasteiger partial charge is 0.497 e. The van der Waals surface area contributed by atoms with Crippen LogP contribution in [-0.2, 0) is 9.59 Å². The first-order valence-corrected chi connectivity index (χ1v) is 9.36. The van der Waals surface area contributed by atoms with Crippen molar-refractivity contribution in [2.45, 2.75) is 38.3 Å². The molecule has 7 heteroatoms. The number of amides is 1. The lowest BCUT2D eigenvalue weighted by Gasteiger charge is -2.34. The fourth-order valence-corrected chi connectivity index (χ4v) is 4.20. The van der Waals surface area contributed by atoms with Gasteiger partial charge in [0.1, 0.15) is 11.3 Å². The number of likely N-dealkylation sites (tertiary alicyclic amines) is 1. The zero-order chi connectivity index (χ0) is 20.2. The van der Waals surface area contributed by atoms with E-state index >= 15 is 0 Å². The number of ether oxygens (including phenoxy) is 1. The quantitative estimate of drug-likeness (QED) is 0.716. The molecular weight excluding hydrogens is 348 g/mol. The van der Waals surface area contributed by atoms with Crippen molar-refractivity contribution >= 4 is 11.9 Å². The molecule has 1 aliphatic heterocycles. The molecule has 0 saturated carbocycles. The SMILES string of the molecule is CCN(CCO)C(=O)C1C[C@@](CC)(C(=O)O)N(C)C1c1ccc(OC)cc1. The molecule has 0 aliphatic carbocycles. The average molecular weight is 378 g/mol. The third-order valence-corrected chi connectivity index (χ3v) is 5.85. The summed E-state index contributed by atoms with van der Waals surface area (Å²) in [4.78, 5) is 28.8. The number of carboxylic acids is 1. The molecule has 1 aliphatic rings. The molecule has 7 nitrogen and oxygen atoms in total. The first kappa shape index (κ1) is 21.2. The van der Waals surface area contributed by atoms with E-state index < -0.39 is 17.4 Å². The number of carboxylic acid groups (broad SMARTS) is 1. The van der Waals surface area contributed by atoms with Gasteiger partial charge in [0.15, 0.2) is 0 Å². The number of carbonyl (C=O) groups is 2. The second-order valence-electron chi connectivity index (χ2n) is 6.97. The number of carbonyl (C=O) groups excluding carboxylic acids is 1. The van der Waals surface area contributed by atoms with Gasteiger partial charge in [-0.25, -0.2) is 0 Å². The van der Waals surface area contributed by atoms with E-state index in [1.54, 1.807) is 19.1 Å². The summed E-state index contributed by atoms with van der Waals surface area (Å²) in [5.41, 5.74) is -0.211. The van der Waals surface area contributed by atoms with Crippen LogP contribution in [0.2, 0.25) is 0 Å². The molecule has 2 unspecified atom stereocenters. The number of likely N-dealkylation sites (N-methyl/N-ethyl adjacent to an activating group) is 2. The lowest BCUT2D eigenvalue weighted by molar-refractivity contribution is -0.150. The highest BCUT2D eigenvalue weighted by molar-refractivity contribution is 5.85. The molecule has 0 spiro atoms. The van der Waals surface area contributed by atoms with E-state index in [1.165, 1.54) is 0 Å². The van der Waals surface area contributed by atoms with Gasteiger partial charge in [-0.15, -0.1) is 0 Å². The number of aliphatic carboxylic acids is 1. The van der Waals surface area contributed by atoms with Crippen LogP contribution >= 0.6 is 0 Å². The molecule has 1 aromatic rings. The first-order valence-electron chi connectivity index (χ1n) is 9.36. The number of rotatable bonds is 8. The molecule has 0 radical (unpaired) electrons. The summed E-state index contributed by atoms with van der Waals surface area (Å²) < 4.78 is 5.21. The highest BCUT2D eigenvalue weighted by atomic mass is 16.5. The highest BCUT2D eigenvalue weighted by Gasteiger charge is 2.56. The Labute approximate surface area is 160 Å². The van der Waals surface area contributed by atoms with Crippen molar-refractivity contribution in [2.24, 2.45) is 5.92 Å². The van der Waals surface area contributed by atoms with E-state index in [9.17, 15) is 19.8 Å². The number of benzene rings is 1. The smallest absolute Gasteiger partial charge is 0.324 e. The summed E-state index contributed by atoms with van der Waals surface area (Å²) in [5, 5.41) is 19.2. The van der Waals surface area contributed by atoms with Gasteiger partial charge in [-0.2, -0.15) is 0 Å². The minimum Gasteiger partial charge on any atom is -0.497 e. The number of aliphatic hydroxyl groups excluding tert-OH is 1. The van der Waals surface area contributed by atoms with E-state index in [1.807, 2.05) is 43.0 Å². The maximum Gasteiger partial charge on any atom is 0.324 e. The third kappa shape index (κ3) is 3.80. The zero-order valence-electron chi connectivity index (χ0n) is 16.5. The number of nitrogens with zero attached hydrogens (tertiary/aromatic N) is 2. The summed E-state index contributed by atoms with van der Waals surface area (Å²) in [6, 6.07) is 7.06. The third-order valence-electron chi connectivity index (χ3n) is 5.85. The van der Waals surface area contributed by atoms with Gasteiger partial charge in [-0.1, -0.05) is 19.1 Å². The van der Waals surface area contributed by atoms with Crippen LogP contribution in [0.3, 0.4) is 0 Å². The first-order chi connectivity index (χ1) is 12.9. The van der Waals surface area contributed by atoms with Crippen molar-refractivity contribution in [3.05, 3.63) is 29.8 Å². The number of aliphatic hydroxyl groups is 1. The Bertz CT molecular complexity index is 663. The van der Waals surface area contributed by atoms with E-state index in [4.69, 9.17) is 4.74 Å². The molecule has 2 rings (SSSR count). The van der Waals surface area contributed by atoms with Crippen LogP contribution < -0.4 is 4.74 Å². The Morgan fingerprint density at radius 3 is 2.37 bits per heavy atom. The van der Waals surface area contributed by atoms with Crippen LogP contribution in [0.15, 0.2) is 24.3 Å². The zero-order valence-corrected chi connectivity index (χ0v) is 16.5. The topological polar surface area (TPSA) is 90.3 Å². The second-order valence-corrected chi connectivity index (χ2v) is 6.97. The summed E-state index contributed by atoms with van der Waals surface area (Å²) >= 11 is 0. The van der Waals surface area contributed by atoms with Crippen molar-refractivity contribution in [2.75, 3.05) is 33.9 Å². The minimum absolute atomic E-state index is 0.115. The number of hydrogen-bond acceptors (Lipinski definition) is 5. The predicted octanol–water partition coefficient (Wildman–Crippen LogP) is 1.76. The number of hydrogen-bond donors (Lipinski definition) is 2. The Hall–Kier alpha value is -2.12. The molecule has 0 aromatic heterocycles. The maximum absolute atomic E-state index is 13.2. The van der Waals surface area contributed by atoms with Gasteiger partial charge in [0.2, 0.25) is 5.91 Å². The predicted molar refractivity (Wildman–Crippen MR) is 102 cm³/mol. The van der Waals surface area contributed by atoms with Gasteiger partial charge < -0.3 is 19.8 Å². The monoisotopic (exact) mass is 378 g/mol. The van der Waals surface area contributed by atoms with Crippen LogP contribution in [-0.4, -0.2) is 71.3 Å². The Balaban J connectivity index is 2.48. The summed E-state index contributed by atoms with van der Waals surface area (Å²) in [6.07, 6.45) is 0.647.